The maximum atomic E-state index is 10.8. The van der Waals surface area contributed by atoms with Gasteiger partial charge < -0.3 is 9.47 Å². The Balaban J connectivity index is 2.57. The molecule has 6 heteroatoms. The van der Waals surface area contributed by atoms with Gasteiger partial charge in [-0.1, -0.05) is 0 Å². The first-order valence-corrected chi connectivity index (χ1v) is 4.66. The molecule has 0 aromatic heterocycles. The topological polar surface area (TPSA) is 61.8 Å². The third kappa shape index (κ3) is 2.55. The van der Waals surface area contributed by atoms with E-state index in [-0.39, 0.29) is 11.5 Å². The van der Waals surface area contributed by atoms with Crippen molar-refractivity contribution in [1.29, 1.82) is 0 Å². The van der Waals surface area contributed by atoms with Gasteiger partial charge in [0.2, 0.25) is 0 Å². The SMILES string of the molecule is COS(=O)(=O)CC1=COC=CO1. The standard InChI is InChI=1S/C6H8O5S/c1-9-12(7,8)5-6-4-10-2-3-11-6/h2-4H,5H2,1H3. The molecule has 0 aliphatic carbocycles. The van der Waals surface area contributed by atoms with Crippen LogP contribution in [0.1, 0.15) is 0 Å². The number of rotatable bonds is 3. The molecule has 1 aliphatic rings. The van der Waals surface area contributed by atoms with Gasteiger partial charge in [0.25, 0.3) is 10.1 Å². The Bertz CT molecular complexity index is 300. The Morgan fingerprint density at radius 1 is 1.50 bits per heavy atom. The largest absolute Gasteiger partial charge is 0.466 e. The molecule has 1 heterocycles. The van der Waals surface area contributed by atoms with Crippen LogP contribution in [0.15, 0.2) is 24.5 Å². The summed E-state index contributed by atoms with van der Waals surface area (Å²) in [5.41, 5.74) is 0. The summed E-state index contributed by atoms with van der Waals surface area (Å²) in [6.45, 7) is 0. The molecule has 1 rings (SSSR count). The van der Waals surface area contributed by atoms with E-state index in [0.717, 1.165) is 7.11 Å². The summed E-state index contributed by atoms with van der Waals surface area (Å²) in [6.07, 6.45) is 3.75. The zero-order chi connectivity index (χ0) is 9.03. The second-order valence-electron chi connectivity index (χ2n) is 1.98. The Labute approximate surface area is 70.4 Å². The molecule has 12 heavy (non-hydrogen) atoms. The quantitative estimate of drug-likeness (QED) is 0.603. The molecule has 0 aromatic rings. The van der Waals surface area contributed by atoms with Crippen molar-refractivity contribution in [3.05, 3.63) is 24.5 Å². The van der Waals surface area contributed by atoms with E-state index < -0.39 is 10.1 Å². The van der Waals surface area contributed by atoms with Crippen molar-refractivity contribution in [1.82, 2.24) is 0 Å². The fourth-order valence-corrected chi connectivity index (χ4v) is 1.19. The summed E-state index contributed by atoms with van der Waals surface area (Å²) < 4.78 is 35.4. The maximum Gasteiger partial charge on any atom is 0.274 e. The van der Waals surface area contributed by atoms with Crippen LogP contribution >= 0.6 is 0 Å². The molecule has 0 unspecified atom stereocenters. The summed E-state index contributed by atoms with van der Waals surface area (Å²) in [5.74, 6) is -0.132. The number of hydrogen-bond acceptors (Lipinski definition) is 5. The van der Waals surface area contributed by atoms with Gasteiger partial charge >= 0.3 is 0 Å². The third-order valence-corrected chi connectivity index (χ3v) is 2.27. The first-order chi connectivity index (χ1) is 5.64. The molecule has 0 bridgehead atoms. The minimum atomic E-state index is -3.53. The Morgan fingerprint density at radius 3 is 2.75 bits per heavy atom. The molecule has 0 amide bonds. The van der Waals surface area contributed by atoms with Gasteiger partial charge in [-0.3, -0.25) is 4.18 Å². The summed E-state index contributed by atoms with van der Waals surface area (Å²) in [7, 11) is -2.43. The van der Waals surface area contributed by atoms with Crippen LogP contribution in [-0.4, -0.2) is 21.3 Å². The second kappa shape index (κ2) is 3.59. The van der Waals surface area contributed by atoms with Gasteiger partial charge in [0.1, 0.15) is 24.5 Å². The molecule has 1 aliphatic heterocycles. The van der Waals surface area contributed by atoms with Crippen LogP contribution in [0.2, 0.25) is 0 Å². The van der Waals surface area contributed by atoms with Gasteiger partial charge in [0.15, 0.2) is 5.76 Å². The molecule has 5 nitrogen and oxygen atoms in total. The van der Waals surface area contributed by atoms with Crippen molar-refractivity contribution >= 4 is 10.1 Å². The first kappa shape index (κ1) is 9.08. The monoisotopic (exact) mass is 192 g/mol. The van der Waals surface area contributed by atoms with Crippen LogP contribution in [0, 0.1) is 0 Å². The van der Waals surface area contributed by atoms with Crippen LogP contribution < -0.4 is 0 Å². The minimum Gasteiger partial charge on any atom is -0.466 e. The van der Waals surface area contributed by atoms with Gasteiger partial charge in [-0.15, -0.1) is 0 Å². The van der Waals surface area contributed by atoms with Crippen LogP contribution in [0.4, 0.5) is 0 Å². The normalized spacial score (nSPS) is 16.2. The molecule has 0 N–H and O–H groups in total. The lowest BCUT2D eigenvalue weighted by atomic mass is 10.6. The third-order valence-electron chi connectivity index (χ3n) is 1.13. The molecule has 0 radical (unpaired) electrons. The van der Waals surface area contributed by atoms with Crippen LogP contribution in [-0.2, 0) is 23.8 Å². The Morgan fingerprint density at radius 2 is 2.25 bits per heavy atom. The van der Waals surface area contributed by atoms with Gasteiger partial charge in [-0.05, 0) is 0 Å². The van der Waals surface area contributed by atoms with E-state index in [2.05, 4.69) is 8.92 Å². The lowest BCUT2D eigenvalue weighted by Crippen LogP contribution is -2.11. The summed E-state index contributed by atoms with van der Waals surface area (Å²) in [4.78, 5) is 0. The Hall–Kier alpha value is -1.01. The van der Waals surface area contributed by atoms with E-state index in [1.165, 1.54) is 18.8 Å². The molecule has 0 atom stereocenters. The molecule has 0 fully saturated rings. The van der Waals surface area contributed by atoms with Crippen molar-refractivity contribution in [2.45, 2.75) is 0 Å². The highest BCUT2D eigenvalue weighted by atomic mass is 32.2. The predicted molar refractivity (Wildman–Crippen MR) is 40.2 cm³/mol. The average Bonchev–Trinajstić information content (AvgIpc) is 2.06. The maximum absolute atomic E-state index is 10.8. The van der Waals surface area contributed by atoms with Crippen LogP contribution in [0.25, 0.3) is 0 Å². The average molecular weight is 192 g/mol. The Kier molecular flexibility index (Phi) is 2.72. The van der Waals surface area contributed by atoms with Gasteiger partial charge in [-0.25, -0.2) is 0 Å². The van der Waals surface area contributed by atoms with Gasteiger partial charge in [0, 0.05) is 0 Å². The molecule has 0 spiro atoms. The summed E-state index contributed by atoms with van der Waals surface area (Å²) >= 11 is 0. The van der Waals surface area contributed by atoms with Gasteiger partial charge in [0.05, 0.1) is 7.11 Å². The number of ether oxygens (including phenoxy) is 2. The fraction of sp³-hybridized carbons (Fsp3) is 0.333. The lowest BCUT2D eigenvalue weighted by Gasteiger charge is -2.08. The minimum absolute atomic E-state index is 0.194. The highest BCUT2D eigenvalue weighted by Gasteiger charge is 2.14. The highest BCUT2D eigenvalue weighted by Crippen LogP contribution is 2.08. The van der Waals surface area contributed by atoms with E-state index >= 15 is 0 Å². The zero-order valence-corrected chi connectivity index (χ0v) is 7.21. The fourth-order valence-electron chi connectivity index (χ4n) is 0.591. The van der Waals surface area contributed by atoms with Crippen molar-refractivity contribution < 1.29 is 22.1 Å². The predicted octanol–water partition coefficient (Wildman–Crippen LogP) is 0.322. The van der Waals surface area contributed by atoms with E-state index in [0.29, 0.717) is 0 Å². The van der Waals surface area contributed by atoms with Crippen molar-refractivity contribution in [2.24, 2.45) is 0 Å². The number of hydrogen-bond donors (Lipinski definition) is 0. The molecule has 0 aromatic carbocycles. The lowest BCUT2D eigenvalue weighted by molar-refractivity contribution is 0.257. The van der Waals surface area contributed by atoms with Crippen molar-refractivity contribution in [3.63, 3.8) is 0 Å². The molecular formula is C6H8O5S. The summed E-state index contributed by atoms with van der Waals surface area (Å²) in [5, 5.41) is 0. The van der Waals surface area contributed by atoms with Crippen molar-refractivity contribution in [3.8, 4) is 0 Å². The van der Waals surface area contributed by atoms with E-state index in [9.17, 15) is 8.42 Å². The zero-order valence-electron chi connectivity index (χ0n) is 6.39. The van der Waals surface area contributed by atoms with E-state index in [1.54, 1.807) is 0 Å². The molecule has 68 valence electrons. The van der Waals surface area contributed by atoms with Crippen molar-refractivity contribution in [2.75, 3.05) is 12.9 Å². The molecular weight excluding hydrogens is 184 g/mol. The van der Waals surface area contributed by atoms with E-state index in [1.807, 2.05) is 0 Å². The van der Waals surface area contributed by atoms with Crippen LogP contribution in [0.5, 0.6) is 0 Å². The van der Waals surface area contributed by atoms with E-state index in [4.69, 9.17) is 4.74 Å². The van der Waals surface area contributed by atoms with Gasteiger partial charge in [-0.2, -0.15) is 8.42 Å². The van der Waals surface area contributed by atoms with Crippen LogP contribution in [0.3, 0.4) is 0 Å². The molecule has 0 saturated carbocycles. The highest BCUT2D eigenvalue weighted by molar-refractivity contribution is 7.86. The molecule has 0 saturated heterocycles. The smallest absolute Gasteiger partial charge is 0.274 e. The summed E-state index contributed by atoms with van der Waals surface area (Å²) in [6, 6.07) is 0. The first-order valence-electron chi connectivity index (χ1n) is 3.08. The second-order valence-corrected chi connectivity index (χ2v) is 3.72.